The second-order valence-corrected chi connectivity index (χ2v) is 27.2. The molecule has 0 aromatic rings. The van der Waals surface area contributed by atoms with Crippen LogP contribution in [0.5, 0.6) is 0 Å². The summed E-state index contributed by atoms with van der Waals surface area (Å²) >= 11 is 0. The number of likely N-dealkylation sites (N-methyl/N-ethyl adjacent to an activating group) is 1. The van der Waals surface area contributed by atoms with E-state index >= 15 is 0 Å². The molecular formula is C79H140N2O7P+. The minimum atomic E-state index is -4.47. The van der Waals surface area contributed by atoms with Crippen LogP contribution in [0.4, 0.5) is 0 Å². The monoisotopic (exact) mass is 1260 g/mol. The van der Waals surface area contributed by atoms with Crippen molar-refractivity contribution in [2.75, 3.05) is 40.9 Å². The summed E-state index contributed by atoms with van der Waals surface area (Å²) < 4.78 is 30.9. The maximum atomic E-state index is 13.6. The maximum absolute atomic E-state index is 13.6. The normalized spacial score (nSPS) is 14.2. The Hall–Kier alpha value is -3.59. The minimum absolute atomic E-state index is 0.0319. The minimum Gasteiger partial charge on any atom is -0.456 e. The largest absolute Gasteiger partial charge is 0.472 e. The van der Waals surface area contributed by atoms with Crippen molar-refractivity contribution in [2.45, 2.75) is 328 Å². The standard InChI is InChI=1S/C79H139N2O7P/c1-7-10-13-16-19-22-25-28-30-32-34-36-38-39-40-41-43-45-47-49-51-54-57-60-63-66-69-72-79(83)88-77(70-67-64-61-58-55-52-27-24-21-18-15-12-9-3)76(75-87-89(84,85)86-74-73-81(4,5)6)80-78(82)71-68-65-62-59-56-53-50-48-46-44-42-37-35-33-31-29-26-23-20-17-14-11-8-2/h11,14,19-20,22-23,28-31,34-37,39-40,44,46,67,70,76-77H,7-10,12-13,15-18,21,24-27,32-33,38,41-43,45,47-66,68-69,71-75H2,1-6H3,(H-,80,82,84,85)/p+1/b14-11-,22-19-,23-20-,30-28-,31-29-,36-34-,37-35-,40-39-,46-44-,70-67+. The second kappa shape index (κ2) is 67.3. The van der Waals surface area contributed by atoms with E-state index in [0.717, 1.165) is 122 Å². The quantitative estimate of drug-likeness (QED) is 0.0205. The number of ether oxygens (including phenoxy) is 1. The molecule has 0 saturated heterocycles. The lowest BCUT2D eigenvalue weighted by atomic mass is 10.0. The predicted octanol–water partition coefficient (Wildman–Crippen LogP) is 23.8. The fourth-order valence-corrected chi connectivity index (χ4v) is 11.0. The number of amides is 1. The number of unbranched alkanes of at least 4 members (excludes halogenated alkanes) is 32. The molecule has 1 amide bonds. The van der Waals surface area contributed by atoms with Crippen LogP contribution in [0.1, 0.15) is 316 Å². The summed E-state index contributed by atoms with van der Waals surface area (Å²) in [6, 6.07) is -0.865. The highest BCUT2D eigenvalue weighted by Crippen LogP contribution is 2.43. The van der Waals surface area contributed by atoms with Crippen LogP contribution in [0.3, 0.4) is 0 Å². The Kier molecular flexibility index (Phi) is 64.6. The van der Waals surface area contributed by atoms with Gasteiger partial charge in [0.05, 0.1) is 33.8 Å². The van der Waals surface area contributed by atoms with E-state index in [0.29, 0.717) is 17.4 Å². The Morgan fingerprint density at radius 2 is 0.719 bits per heavy atom. The first-order chi connectivity index (χ1) is 43.4. The molecule has 0 saturated carbocycles. The number of quaternary nitrogens is 1. The van der Waals surface area contributed by atoms with Crippen LogP contribution in [-0.2, 0) is 27.9 Å². The first-order valence-corrected chi connectivity index (χ1v) is 38.4. The smallest absolute Gasteiger partial charge is 0.456 e. The molecule has 2 N–H and O–H groups in total. The van der Waals surface area contributed by atoms with Gasteiger partial charge in [0, 0.05) is 12.8 Å². The van der Waals surface area contributed by atoms with Gasteiger partial charge in [-0.1, -0.05) is 303 Å². The van der Waals surface area contributed by atoms with Crippen LogP contribution in [0.2, 0.25) is 0 Å². The van der Waals surface area contributed by atoms with Gasteiger partial charge < -0.3 is 19.4 Å². The highest BCUT2D eigenvalue weighted by molar-refractivity contribution is 7.47. The third-order valence-corrected chi connectivity index (χ3v) is 16.9. The molecule has 0 aromatic heterocycles. The van der Waals surface area contributed by atoms with Gasteiger partial charge in [-0.15, -0.1) is 0 Å². The fourth-order valence-electron chi connectivity index (χ4n) is 10.2. The molecule has 512 valence electrons. The zero-order chi connectivity index (χ0) is 64.9. The van der Waals surface area contributed by atoms with Gasteiger partial charge in [0.1, 0.15) is 19.3 Å². The molecule has 10 heteroatoms. The van der Waals surface area contributed by atoms with Gasteiger partial charge >= 0.3 is 13.8 Å². The molecule has 0 heterocycles. The lowest BCUT2D eigenvalue weighted by Gasteiger charge is -2.27. The predicted molar refractivity (Wildman–Crippen MR) is 387 cm³/mol. The Morgan fingerprint density at radius 3 is 1.10 bits per heavy atom. The highest BCUT2D eigenvalue weighted by Gasteiger charge is 2.30. The van der Waals surface area contributed by atoms with E-state index in [1.54, 1.807) is 0 Å². The van der Waals surface area contributed by atoms with Crippen molar-refractivity contribution in [1.82, 2.24) is 5.32 Å². The van der Waals surface area contributed by atoms with E-state index in [-0.39, 0.29) is 31.5 Å². The second-order valence-electron chi connectivity index (χ2n) is 25.7. The van der Waals surface area contributed by atoms with Crippen LogP contribution in [-0.4, -0.2) is 74.3 Å². The Labute approximate surface area is 550 Å². The molecule has 3 unspecified atom stereocenters. The van der Waals surface area contributed by atoms with Crippen molar-refractivity contribution in [2.24, 2.45) is 0 Å². The molecule has 0 radical (unpaired) electrons. The third-order valence-electron chi connectivity index (χ3n) is 15.9. The van der Waals surface area contributed by atoms with E-state index in [1.165, 1.54) is 161 Å². The molecule has 0 fully saturated rings. The van der Waals surface area contributed by atoms with Crippen LogP contribution >= 0.6 is 7.82 Å². The fraction of sp³-hybridized carbons (Fsp3) is 0.722. The number of allylic oxidation sites excluding steroid dienone is 19. The van der Waals surface area contributed by atoms with E-state index in [1.807, 2.05) is 33.3 Å². The van der Waals surface area contributed by atoms with E-state index in [9.17, 15) is 19.0 Å². The highest BCUT2D eigenvalue weighted by atomic mass is 31.2. The van der Waals surface area contributed by atoms with Gasteiger partial charge in [-0.05, 0) is 122 Å². The lowest BCUT2D eigenvalue weighted by molar-refractivity contribution is -0.870. The number of phosphoric acid groups is 1. The number of nitrogens with one attached hydrogen (secondary N) is 1. The van der Waals surface area contributed by atoms with Gasteiger partial charge in [-0.3, -0.25) is 18.6 Å². The Morgan fingerprint density at radius 1 is 0.404 bits per heavy atom. The Balaban J connectivity index is 5.11. The summed E-state index contributed by atoms with van der Waals surface area (Å²) in [5, 5.41) is 3.07. The van der Waals surface area contributed by atoms with Crippen molar-refractivity contribution in [3.63, 3.8) is 0 Å². The maximum Gasteiger partial charge on any atom is 0.472 e. The molecule has 0 spiro atoms. The van der Waals surface area contributed by atoms with E-state index in [4.69, 9.17) is 13.8 Å². The molecule has 0 rings (SSSR count). The molecule has 0 bridgehead atoms. The van der Waals surface area contributed by atoms with E-state index in [2.05, 4.69) is 135 Å². The summed E-state index contributed by atoms with van der Waals surface area (Å²) in [6.45, 7) is 6.88. The van der Waals surface area contributed by atoms with Crippen LogP contribution < -0.4 is 5.32 Å². The number of rotatable bonds is 66. The van der Waals surface area contributed by atoms with Crippen LogP contribution in [0, 0.1) is 0 Å². The van der Waals surface area contributed by atoms with Crippen molar-refractivity contribution in [3.8, 4) is 0 Å². The van der Waals surface area contributed by atoms with Crippen molar-refractivity contribution in [1.29, 1.82) is 0 Å². The summed E-state index contributed by atoms with van der Waals surface area (Å²) in [7, 11) is 1.48. The number of esters is 1. The zero-order valence-corrected chi connectivity index (χ0v) is 59.5. The van der Waals surface area contributed by atoms with Crippen molar-refractivity contribution in [3.05, 3.63) is 122 Å². The zero-order valence-electron chi connectivity index (χ0n) is 58.6. The van der Waals surface area contributed by atoms with Gasteiger partial charge in [0.25, 0.3) is 0 Å². The number of nitrogens with zero attached hydrogens (tertiary/aromatic N) is 1. The SMILES string of the molecule is CC/C=C\C/C=C\C/C=C\C/C=C\C/C=C\CCCCCCCCCC(=O)NC(COP(=O)(O)OCC[N+](C)(C)C)C(/C=C/CCCCCCCCCCCCC)OC(=O)CCCCCCCCCCCCC/C=C\C/C=C\C/C=C\C/C=C\CCCCC. The number of carbonyl (C=O) groups excluding carboxylic acids is 2. The average molecular weight is 1260 g/mol. The topological polar surface area (TPSA) is 111 Å². The molecule has 3 atom stereocenters. The number of hydrogen-bond acceptors (Lipinski definition) is 6. The summed E-state index contributed by atoms with van der Waals surface area (Å²) in [4.78, 5) is 38.0. The molecule has 0 aliphatic rings. The Bertz CT molecular complexity index is 1940. The first kappa shape index (κ1) is 85.4. The average Bonchev–Trinajstić information content (AvgIpc) is 3.64. The summed E-state index contributed by atoms with van der Waals surface area (Å²) in [5.74, 6) is -0.520. The van der Waals surface area contributed by atoms with E-state index < -0.39 is 20.0 Å². The van der Waals surface area contributed by atoms with Crippen molar-refractivity contribution >= 4 is 19.7 Å². The molecule has 9 nitrogen and oxygen atoms in total. The van der Waals surface area contributed by atoms with Gasteiger partial charge in [-0.2, -0.15) is 0 Å². The van der Waals surface area contributed by atoms with Crippen LogP contribution in [0.15, 0.2) is 122 Å². The van der Waals surface area contributed by atoms with Gasteiger partial charge in [0.15, 0.2) is 0 Å². The molecule has 0 aliphatic carbocycles. The van der Waals surface area contributed by atoms with Gasteiger partial charge in [0.2, 0.25) is 5.91 Å². The molecule has 0 aromatic carbocycles. The third kappa shape index (κ3) is 68.6. The summed E-state index contributed by atoms with van der Waals surface area (Å²) in [6.07, 6.45) is 94.9. The van der Waals surface area contributed by atoms with Gasteiger partial charge in [-0.25, -0.2) is 4.57 Å². The number of phosphoric ester groups is 1. The molecule has 0 aliphatic heterocycles. The lowest BCUT2D eigenvalue weighted by Crippen LogP contribution is -2.47. The number of carbonyl (C=O) groups is 2. The van der Waals surface area contributed by atoms with Crippen LogP contribution in [0.25, 0.3) is 0 Å². The van der Waals surface area contributed by atoms with Crippen molar-refractivity contribution < 1.29 is 37.3 Å². The molecular weight excluding hydrogens is 1120 g/mol. The molecule has 89 heavy (non-hydrogen) atoms. The summed E-state index contributed by atoms with van der Waals surface area (Å²) in [5.41, 5.74) is 0. The first-order valence-electron chi connectivity index (χ1n) is 36.9. The number of hydrogen-bond donors (Lipinski definition) is 2.